The van der Waals surface area contributed by atoms with Crippen LogP contribution in [0, 0.1) is 5.92 Å². The van der Waals surface area contributed by atoms with Crippen molar-refractivity contribution >= 4 is 21.4 Å². The van der Waals surface area contributed by atoms with Crippen LogP contribution in [0.4, 0.5) is 11.4 Å². The Bertz CT molecular complexity index is 544. The lowest BCUT2D eigenvalue weighted by molar-refractivity contribution is 0.204. The summed E-state index contributed by atoms with van der Waals surface area (Å²) in [7, 11) is -2.14. The first-order valence-electron chi connectivity index (χ1n) is 6.41. The van der Waals surface area contributed by atoms with Gasteiger partial charge in [-0.1, -0.05) is 13.8 Å². The van der Waals surface area contributed by atoms with Gasteiger partial charge in [-0.25, -0.2) is 13.6 Å². The Hall–Kier alpha value is -1.31. The predicted octanol–water partition coefficient (Wildman–Crippen LogP) is 1.03. The van der Waals surface area contributed by atoms with Gasteiger partial charge in [0.15, 0.2) is 0 Å². The van der Waals surface area contributed by atoms with E-state index in [1.54, 1.807) is 19.2 Å². The summed E-state index contributed by atoms with van der Waals surface area (Å²) < 4.78 is 28.0. The molecule has 0 bridgehead atoms. The minimum Gasteiger partial charge on any atom is -0.399 e. The highest BCUT2D eigenvalue weighted by Gasteiger charge is 2.14. The number of rotatable bonds is 7. The third kappa shape index (κ3) is 4.99. The standard InChI is InChI=1S/C13H23N3O3S/c1-10(2)9-16(4-5-19-3)12-6-11(14)7-13(8-12)20(15,17)18/h6-8,10H,4-5,9,14H2,1-3H3,(H2,15,17,18). The van der Waals surface area contributed by atoms with Crippen LogP contribution in [0.2, 0.25) is 0 Å². The lowest BCUT2D eigenvalue weighted by Crippen LogP contribution is -2.31. The lowest BCUT2D eigenvalue weighted by Gasteiger charge is -2.27. The Balaban J connectivity index is 3.15. The number of methoxy groups -OCH3 is 1. The van der Waals surface area contributed by atoms with Crippen molar-refractivity contribution in [3.63, 3.8) is 0 Å². The van der Waals surface area contributed by atoms with Gasteiger partial charge in [-0.2, -0.15) is 0 Å². The maximum Gasteiger partial charge on any atom is 0.238 e. The van der Waals surface area contributed by atoms with Crippen LogP contribution >= 0.6 is 0 Å². The fourth-order valence-corrected chi connectivity index (χ4v) is 2.51. The molecule has 1 aromatic carbocycles. The summed E-state index contributed by atoms with van der Waals surface area (Å²) in [4.78, 5) is 2.07. The zero-order chi connectivity index (χ0) is 15.3. The smallest absolute Gasteiger partial charge is 0.238 e. The predicted molar refractivity (Wildman–Crippen MR) is 81.2 cm³/mol. The van der Waals surface area contributed by atoms with E-state index in [9.17, 15) is 8.42 Å². The summed E-state index contributed by atoms with van der Waals surface area (Å²) in [5, 5.41) is 5.17. The summed E-state index contributed by atoms with van der Waals surface area (Å²) >= 11 is 0. The maximum absolute atomic E-state index is 11.5. The Morgan fingerprint density at radius 1 is 1.30 bits per heavy atom. The van der Waals surface area contributed by atoms with Crippen LogP contribution in [-0.4, -0.2) is 35.2 Å². The topological polar surface area (TPSA) is 98.7 Å². The number of hydrogen-bond acceptors (Lipinski definition) is 5. The highest BCUT2D eigenvalue weighted by molar-refractivity contribution is 7.89. The third-order valence-electron chi connectivity index (χ3n) is 2.76. The van der Waals surface area contributed by atoms with Crippen LogP contribution in [0.15, 0.2) is 23.1 Å². The highest BCUT2D eigenvalue weighted by Crippen LogP contribution is 2.23. The molecule has 7 heteroatoms. The van der Waals surface area contributed by atoms with E-state index in [0.717, 1.165) is 12.2 Å². The van der Waals surface area contributed by atoms with E-state index < -0.39 is 10.0 Å². The molecule has 114 valence electrons. The van der Waals surface area contributed by atoms with E-state index in [-0.39, 0.29) is 4.90 Å². The van der Waals surface area contributed by atoms with Crippen molar-refractivity contribution in [1.29, 1.82) is 0 Å². The van der Waals surface area contributed by atoms with Crippen molar-refractivity contribution < 1.29 is 13.2 Å². The van der Waals surface area contributed by atoms with Crippen LogP contribution in [0.5, 0.6) is 0 Å². The van der Waals surface area contributed by atoms with Crippen molar-refractivity contribution in [1.82, 2.24) is 0 Å². The molecule has 0 radical (unpaired) electrons. The molecule has 0 saturated carbocycles. The molecule has 6 nitrogen and oxygen atoms in total. The second-order valence-corrected chi connectivity index (χ2v) is 6.70. The molecule has 0 aliphatic rings. The zero-order valence-corrected chi connectivity index (χ0v) is 13.0. The van der Waals surface area contributed by atoms with Gasteiger partial charge < -0.3 is 15.4 Å². The monoisotopic (exact) mass is 301 g/mol. The Morgan fingerprint density at radius 2 is 1.95 bits per heavy atom. The number of ether oxygens (including phenoxy) is 1. The molecule has 0 aliphatic carbocycles. The van der Waals surface area contributed by atoms with Gasteiger partial charge in [0.25, 0.3) is 0 Å². The number of anilines is 2. The van der Waals surface area contributed by atoms with Crippen molar-refractivity contribution in [2.75, 3.05) is 37.4 Å². The molecule has 0 amide bonds. The van der Waals surface area contributed by atoms with E-state index >= 15 is 0 Å². The number of primary sulfonamides is 1. The normalized spacial score (nSPS) is 11.8. The van der Waals surface area contributed by atoms with Crippen molar-refractivity contribution in [2.24, 2.45) is 11.1 Å². The number of hydrogen-bond donors (Lipinski definition) is 2. The van der Waals surface area contributed by atoms with Gasteiger partial charge in [0.1, 0.15) is 0 Å². The molecule has 0 unspecified atom stereocenters. The van der Waals surface area contributed by atoms with Gasteiger partial charge >= 0.3 is 0 Å². The zero-order valence-electron chi connectivity index (χ0n) is 12.2. The molecule has 4 N–H and O–H groups in total. The average Bonchev–Trinajstić information content (AvgIpc) is 2.32. The van der Waals surface area contributed by atoms with E-state index in [0.29, 0.717) is 24.8 Å². The fraction of sp³-hybridized carbons (Fsp3) is 0.538. The van der Waals surface area contributed by atoms with Gasteiger partial charge in [-0.15, -0.1) is 0 Å². The third-order valence-corrected chi connectivity index (χ3v) is 3.65. The molecular formula is C13H23N3O3S. The van der Waals surface area contributed by atoms with Crippen LogP contribution in [0.1, 0.15) is 13.8 Å². The molecule has 20 heavy (non-hydrogen) atoms. The van der Waals surface area contributed by atoms with Gasteiger partial charge in [0.05, 0.1) is 11.5 Å². The SMILES string of the molecule is COCCN(CC(C)C)c1cc(N)cc(S(N)(=O)=O)c1. The minimum atomic E-state index is -3.77. The molecular weight excluding hydrogens is 278 g/mol. The van der Waals surface area contributed by atoms with Crippen LogP contribution in [0.25, 0.3) is 0 Å². The van der Waals surface area contributed by atoms with Crippen molar-refractivity contribution in [2.45, 2.75) is 18.7 Å². The van der Waals surface area contributed by atoms with E-state index in [2.05, 4.69) is 13.8 Å². The van der Waals surface area contributed by atoms with Crippen molar-refractivity contribution in [3.8, 4) is 0 Å². The second kappa shape index (κ2) is 6.92. The second-order valence-electron chi connectivity index (χ2n) is 5.14. The Morgan fingerprint density at radius 3 is 2.45 bits per heavy atom. The first-order valence-corrected chi connectivity index (χ1v) is 7.96. The molecule has 0 aliphatic heterocycles. The molecule has 1 aromatic rings. The molecule has 0 atom stereocenters. The first-order chi connectivity index (χ1) is 9.24. The maximum atomic E-state index is 11.5. The number of nitrogens with two attached hydrogens (primary N) is 2. The van der Waals surface area contributed by atoms with Crippen molar-refractivity contribution in [3.05, 3.63) is 18.2 Å². The first kappa shape index (κ1) is 16.7. The number of sulfonamides is 1. The highest BCUT2D eigenvalue weighted by atomic mass is 32.2. The average molecular weight is 301 g/mol. The largest absolute Gasteiger partial charge is 0.399 e. The van der Waals surface area contributed by atoms with Crippen LogP contribution in [-0.2, 0) is 14.8 Å². The molecule has 0 saturated heterocycles. The van der Waals surface area contributed by atoms with E-state index in [4.69, 9.17) is 15.6 Å². The number of nitrogen functional groups attached to an aromatic ring is 1. The molecule has 0 heterocycles. The Kier molecular flexibility index (Phi) is 5.79. The summed E-state index contributed by atoms with van der Waals surface area (Å²) in [5.41, 5.74) is 6.88. The van der Waals surface area contributed by atoms with Gasteiger partial charge in [-0.3, -0.25) is 0 Å². The lowest BCUT2D eigenvalue weighted by atomic mass is 10.2. The van der Waals surface area contributed by atoms with Gasteiger partial charge in [0.2, 0.25) is 10.0 Å². The summed E-state index contributed by atoms with van der Waals surface area (Å²) in [6.07, 6.45) is 0. The van der Waals surface area contributed by atoms with E-state index in [1.165, 1.54) is 6.07 Å². The number of benzene rings is 1. The molecule has 0 fully saturated rings. The Labute approximate surface area is 120 Å². The van der Waals surface area contributed by atoms with Gasteiger partial charge in [0, 0.05) is 31.6 Å². The van der Waals surface area contributed by atoms with E-state index in [1.807, 2.05) is 4.90 Å². The summed E-state index contributed by atoms with van der Waals surface area (Å²) in [6.45, 7) is 6.16. The molecule has 0 spiro atoms. The van der Waals surface area contributed by atoms with Gasteiger partial charge in [-0.05, 0) is 24.1 Å². The molecule has 1 rings (SSSR count). The minimum absolute atomic E-state index is 0.0265. The fourth-order valence-electron chi connectivity index (χ4n) is 1.92. The van der Waals surface area contributed by atoms with Crippen LogP contribution in [0.3, 0.4) is 0 Å². The quantitative estimate of drug-likeness (QED) is 0.733. The summed E-state index contributed by atoms with van der Waals surface area (Å²) in [6, 6.07) is 4.65. The number of nitrogens with zero attached hydrogens (tertiary/aromatic N) is 1. The molecule has 0 aromatic heterocycles. The van der Waals surface area contributed by atoms with Crippen LogP contribution < -0.4 is 15.8 Å². The summed E-state index contributed by atoms with van der Waals surface area (Å²) in [5.74, 6) is 0.422.